The van der Waals surface area contributed by atoms with Crippen molar-refractivity contribution in [3.63, 3.8) is 0 Å². The molecule has 0 saturated heterocycles. The molecule has 0 unspecified atom stereocenters. The molecule has 0 fully saturated rings. The predicted molar refractivity (Wildman–Crippen MR) is 81.1 cm³/mol. The molecule has 3 heteroatoms. The first-order valence-electron chi connectivity index (χ1n) is 7.00. The standard InChI is InChI=1S/C16H22N2O/c1-4-7-13-11-12-8-6-9-14(19-3)15(12)18-16(13)17-10-5-2/h6,8-9,11H,4-5,7,10H2,1-3H3,(H,17,18). The summed E-state index contributed by atoms with van der Waals surface area (Å²) in [7, 11) is 1.69. The fourth-order valence-corrected chi connectivity index (χ4v) is 2.24. The van der Waals surface area contributed by atoms with Crippen molar-refractivity contribution >= 4 is 16.7 Å². The number of ether oxygens (including phenoxy) is 1. The maximum Gasteiger partial charge on any atom is 0.145 e. The minimum atomic E-state index is 0.833. The maximum atomic E-state index is 5.40. The van der Waals surface area contributed by atoms with Gasteiger partial charge in [-0.15, -0.1) is 0 Å². The Hall–Kier alpha value is -1.77. The molecule has 0 atom stereocenters. The van der Waals surface area contributed by atoms with Crippen LogP contribution in [0, 0.1) is 0 Å². The SMILES string of the molecule is CCCNc1nc2c(OC)cccc2cc1CCC. The van der Waals surface area contributed by atoms with Gasteiger partial charge in [-0.3, -0.25) is 0 Å². The van der Waals surface area contributed by atoms with Gasteiger partial charge in [0.25, 0.3) is 0 Å². The molecule has 0 aliphatic rings. The monoisotopic (exact) mass is 258 g/mol. The molecule has 1 N–H and O–H groups in total. The second-order valence-electron chi connectivity index (χ2n) is 4.70. The summed E-state index contributed by atoms with van der Waals surface area (Å²) in [4.78, 5) is 4.77. The Morgan fingerprint density at radius 1 is 1.21 bits per heavy atom. The Morgan fingerprint density at radius 2 is 2.05 bits per heavy atom. The van der Waals surface area contributed by atoms with E-state index in [0.717, 1.165) is 48.3 Å². The second-order valence-corrected chi connectivity index (χ2v) is 4.70. The van der Waals surface area contributed by atoms with Crippen molar-refractivity contribution in [3.05, 3.63) is 29.8 Å². The molecule has 1 aromatic carbocycles. The van der Waals surface area contributed by atoms with Gasteiger partial charge in [0.15, 0.2) is 0 Å². The lowest BCUT2D eigenvalue weighted by Gasteiger charge is -2.13. The first-order valence-corrected chi connectivity index (χ1v) is 7.00. The highest BCUT2D eigenvalue weighted by Crippen LogP contribution is 2.28. The number of hydrogen-bond acceptors (Lipinski definition) is 3. The third-order valence-corrected chi connectivity index (χ3v) is 3.17. The van der Waals surface area contributed by atoms with E-state index in [1.807, 2.05) is 12.1 Å². The smallest absolute Gasteiger partial charge is 0.145 e. The van der Waals surface area contributed by atoms with Gasteiger partial charge in [0.2, 0.25) is 0 Å². The number of nitrogens with one attached hydrogen (secondary N) is 1. The van der Waals surface area contributed by atoms with Crippen LogP contribution in [-0.2, 0) is 6.42 Å². The molecule has 19 heavy (non-hydrogen) atoms. The predicted octanol–water partition coefficient (Wildman–Crippen LogP) is 4.02. The summed E-state index contributed by atoms with van der Waals surface area (Å²) in [6.07, 6.45) is 3.27. The van der Waals surface area contributed by atoms with Gasteiger partial charge in [-0.1, -0.05) is 32.4 Å². The van der Waals surface area contributed by atoms with Gasteiger partial charge in [0.1, 0.15) is 17.1 Å². The van der Waals surface area contributed by atoms with Crippen molar-refractivity contribution in [2.45, 2.75) is 33.1 Å². The van der Waals surface area contributed by atoms with Crippen LogP contribution < -0.4 is 10.1 Å². The van der Waals surface area contributed by atoms with Crippen molar-refractivity contribution in [1.82, 2.24) is 4.98 Å². The van der Waals surface area contributed by atoms with Gasteiger partial charge in [-0.05, 0) is 30.5 Å². The number of aromatic nitrogens is 1. The summed E-state index contributed by atoms with van der Waals surface area (Å²) >= 11 is 0. The number of pyridine rings is 1. The quantitative estimate of drug-likeness (QED) is 0.849. The van der Waals surface area contributed by atoms with Crippen molar-refractivity contribution in [1.29, 1.82) is 0 Å². The van der Waals surface area contributed by atoms with Crippen LogP contribution in [0.25, 0.3) is 10.9 Å². The lowest BCUT2D eigenvalue weighted by Crippen LogP contribution is -2.06. The average Bonchev–Trinajstić information content (AvgIpc) is 2.44. The molecular formula is C16H22N2O. The summed E-state index contributed by atoms with van der Waals surface area (Å²) in [6.45, 7) is 5.30. The normalized spacial score (nSPS) is 10.7. The molecule has 0 amide bonds. The highest BCUT2D eigenvalue weighted by atomic mass is 16.5. The Balaban J connectivity index is 2.52. The highest BCUT2D eigenvalue weighted by Gasteiger charge is 2.09. The van der Waals surface area contributed by atoms with E-state index in [-0.39, 0.29) is 0 Å². The van der Waals surface area contributed by atoms with E-state index in [1.54, 1.807) is 7.11 Å². The summed E-state index contributed by atoms with van der Waals surface area (Å²) in [5.74, 6) is 1.83. The first kappa shape index (κ1) is 13.7. The molecule has 0 aliphatic heterocycles. The summed E-state index contributed by atoms with van der Waals surface area (Å²) in [5, 5.41) is 4.57. The largest absolute Gasteiger partial charge is 0.494 e. The van der Waals surface area contributed by atoms with Gasteiger partial charge in [-0.25, -0.2) is 4.98 Å². The number of anilines is 1. The second kappa shape index (κ2) is 6.41. The molecule has 3 nitrogen and oxygen atoms in total. The third kappa shape index (κ3) is 2.98. The number of aryl methyl sites for hydroxylation is 1. The Morgan fingerprint density at radius 3 is 2.74 bits per heavy atom. The first-order chi connectivity index (χ1) is 9.30. The lowest BCUT2D eigenvalue weighted by molar-refractivity contribution is 0.419. The lowest BCUT2D eigenvalue weighted by atomic mass is 10.1. The number of hydrogen-bond donors (Lipinski definition) is 1. The zero-order chi connectivity index (χ0) is 13.7. The number of rotatable bonds is 6. The minimum absolute atomic E-state index is 0.833. The molecule has 2 aromatic rings. The van der Waals surface area contributed by atoms with Crippen LogP contribution in [-0.4, -0.2) is 18.6 Å². The number of benzene rings is 1. The van der Waals surface area contributed by atoms with E-state index in [1.165, 1.54) is 5.56 Å². The van der Waals surface area contributed by atoms with Gasteiger partial charge in [0, 0.05) is 11.9 Å². The van der Waals surface area contributed by atoms with E-state index >= 15 is 0 Å². The molecule has 102 valence electrons. The summed E-state index contributed by atoms with van der Waals surface area (Å²) in [5.41, 5.74) is 2.22. The minimum Gasteiger partial charge on any atom is -0.494 e. The maximum absolute atomic E-state index is 5.40. The molecule has 2 rings (SSSR count). The Labute approximate surface area is 115 Å². The Bertz CT molecular complexity index is 552. The molecular weight excluding hydrogens is 236 g/mol. The summed E-state index contributed by atoms with van der Waals surface area (Å²) < 4.78 is 5.40. The number of fused-ring (bicyclic) bond motifs is 1. The van der Waals surface area contributed by atoms with Crippen LogP contribution in [0.5, 0.6) is 5.75 Å². The van der Waals surface area contributed by atoms with E-state index in [0.29, 0.717) is 0 Å². The van der Waals surface area contributed by atoms with E-state index in [2.05, 4.69) is 31.3 Å². The number of para-hydroxylation sites is 1. The molecule has 0 saturated carbocycles. The van der Waals surface area contributed by atoms with Crippen molar-refractivity contribution in [3.8, 4) is 5.75 Å². The van der Waals surface area contributed by atoms with Crippen molar-refractivity contribution < 1.29 is 4.74 Å². The van der Waals surface area contributed by atoms with Gasteiger partial charge in [0.05, 0.1) is 7.11 Å². The molecule has 1 heterocycles. The fourth-order valence-electron chi connectivity index (χ4n) is 2.24. The van der Waals surface area contributed by atoms with E-state index in [4.69, 9.17) is 9.72 Å². The molecule has 0 bridgehead atoms. The van der Waals surface area contributed by atoms with Gasteiger partial charge < -0.3 is 10.1 Å². The Kier molecular flexibility index (Phi) is 4.61. The van der Waals surface area contributed by atoms with Crippen LogP contribution in [0.4, 0.5) is 5.82 Å². The highest BCUT2D eigenvalue weighted by molar-refractivity contribution is 5.87. The zero-order valence-corrected chi connectivity index (χ0v) is 12.0. The molecule has 1 aromatic heterocycles. The van der Waals surface area contributed by atoms with E-state index < -0.39 is 0 Å². The van der Waals surface area contributed by atoms with Gasteiger partial charge in [-0.2, -0.15) is 0 Å². The topological polar surface area (TPSA) is 34.2 Å². The average molecular weight is 258 g/mol. The molecule has 0 spiro atoms. The van der Waals surface area contributed by atoms with Crippen LogP contribution in [0.2, 0.25) is 0 Å². The van der Waals surface area contributed by atoms with Crippen molar-refractivity contribution in [2.75, 3.05) is 19.0 Å². The number of methoxy groups -OCH3 is 1. The van der Waals surface area contributed by atoms with Crippen molar-refractivity contribution in [2.24, 2.45) is 0 Å². The summed E-state index contributed by atoms with van der Waals surface area (Å²) in [6, 6.07) is 8.29. The zero-order valence-electron chi connectivity index (χ0n) is 12.0. The molecule has 0 radical (unpaired) electrons. The van der Waals surface area contributed by atoms with Crippen LogP contribution in [0.1, 0.15) is 32.3 Å². The van der Waals surface area contributed by atoms with E-state index in [9.17, 15) is 0 Å². The number of nitrogens with zero attached hydrogens (tertiary/aromatic N) is 1. The van der Waals surface area contributed by atoms with Gasteiger partial charge >= 0.3 is 0 Å². The van der Waals surface area contributed by atoms with Crippen LogP contribution in [0.3, 0.4) is 0 Å². The third-order valence-electron chi connectivity index (χ3n) is 3.17. The van der Waals surface area contributed by atoms with Crippen LogP contribution in [0.15, 0.2) is 24.3 Å². The van der Waals surface area contributed by atoms with Crippen LogP contribution >= 0.6 is 0 Å². The molecule has 0 aliphatic carbocycles. The fraction of sp³-hybridized carbons (Fsp3) is 0.438.